The molecular formula is C11H16N2O3S. The number of aromatic hydroxyl groups is 1. The Bertz CT molecular complexity index is 499. The summed E-state index contributed by atoms with van der Waals surface area (Å²) in [6.07, 6.45) is 0. The molecule has 0 amide bonds. The molecule has 1 aliphatic heterocycles. The highest BCUT2D eigenvalue weighted by Gasteiger charge is 2.21. The molecular weight excluding hydrogens is 240 g/mol. The Balaban J connectivity index is 2.00. The summed E-state index contributed by atoms with van der Waals surface area (Å²) in [7, 11) is -2.83. The summed E-state index contributed by atoms with van der Waals surface area (Å²) in [6, 6.07) is 5.08. The van der Waals surface area contributed by atoms with Gasteiger partial charge in [0.05, 0.1) is 17.2 Å². The molecule has 17 heavy (non-hydrogen) atoms. The van der Waals surface area contributed by atoms with Crippen molar-refractivity contribution in [3.05, 3.63) is 23.8 Å². The average molecular weight is 256 g/mol. The predicted octanol–water partition coefficient (Wildman–Crippen LogP) is 0.205. The number of benzene rings is 1. The van der Waals surface area contributed by atoms with Crippen molar-refractivity contribution in [3.8, 4) is 5.75 Å². The van der Waals surface area contributed by atoms with E-state index in [1.807, 2.05) is 0 Å². The third-order valence-electron chi connectivity index (χ3n) is 2.94. The van der Waals surface area contributed by atoms with Crippen LogP contribution in [0.5, 0.6) is 5.75 Å². The number of anilines is 1. The van der Waals surface area contributed by atoms with E-state index in [9.17, 15) is 13.5 Å². The largest absolute Gasteiger partial charge is 0.506 e. The second-order valence-corrected chi connectivity index (χ2v) is 6.62. The minimum atomic E-state index is -2.83. The summed E-state index contributed by atoms with van der Waals surface area (Å²) < 4.78 is 22.5. The fraction of sp³-hybridized carbons (Fsp3) is 0.455. The normalized spacial score (nSPS) is 20.2. The van der Waals surface area contributed by atoms with Gasteiger partial charge in [-0.2, -0.15) is 0 Å². The van der Waals surface area contributed by atoms with E-state index in [0.717, 1.165) is 5.56 Å². The Morgan fingerprint density at radius 2 is 1.94 bits per heavy atom. The number of nitrogens with zero attached hydrogens (tertiary/aromatic N) is 1. The van der Waals surface area contributed by atoms with Crippen LogP contribution < -0.4 is 5.73 Å². The summed E-state index contributed by atoms with van der Waals surface area (Å²) in [5, 5.41) is 9.30. The van der Waals surface area contributed by atoms with Gasteiger partial charge in [0.1, 0.15) is 5.75 Å². The van der Waals surface area contributed by atoms with Gasteiger partial charge in [0.15, 0.2) is 9.84 Å². The van der Waals surface area contributed by atoms with Crippen LogP contribution in [0, 0.1) is 0 Å². The van der Waals surface area contributed by atoms with Crippen molar-refractivity contribution in [3.63, 3.8) is 0 Å². The third kappa shape index (κ3) is 3.10. The lowest BCUT2D eigenvalue weighted by molar-refractivity contribution is 0.287. The highest BCUT2D eigenvalue weighted by atomic mass is 32.2. The number of hydrogen-bond acceptors (Lipinski definition) is 5. The zero-order chi connectivity index (χ0) is 12.5. The number of sulfone groups is 1. The number of nitrogens with two attached hydrogens (primary N) is 1. The van der Waals surface area contributed by atoms with Gasteiger partial charge in [-0.3, -0.25) is 4.90 Å². The number of nitrogen functional groups attached to an aromatic ring is 1. The Kier molecular flexibility index (Phi) is 3.26. The van der Waals surface area contributed by atoms with E-state index in [1.54, 1.807) is 18.2 Å². The van der Waals surface area contributed by atoms with Crippen LogP contribution in [0.1, 0.15) is 5.56 Å². The molecule has 0 aromatic heterocycles. The van der Waals surface area contributed by atoms with Crippen molar-refractivity contribution in [1.82, 2.24) is 4.90 Å². The molecule has 6 heteroatoms. The minimum Gasteiger partial charge on any atom is -0.506 e. The molecule has 1 aromatic carbocycles. The SMILES string of the molecule is Nc1cc(CN2CCS(=O)(=O)CC2)ccc1O. The summed E-state index contributed by atoms with van der Waals surface area (Å²) in [6.45, 7) is 1.78. The third-order valence-corrected chi connectivity index (χ3v) is 4.54. The number of phenolic OH excluding ortho intramolecular Hbond substituents is 1. The number of hydrogen-bond donors (Lipinski definition) is 2. The zero-order valence-corrected chi connectivity index (χ0v) is 10.3. The molecule has 0 saturated carbocycles. The molecule has 0 spiro atoms. The number of rotatable bonds is 2. The van der Waals surface area contributed by atoms with Crippen molar-refractivity contribution in [2.75, 3.05) is 30.3 Å². The van der Waals surface area contributed by atoms with E-state index in [0.29, 0.717) is 25.3 Å². The Morgan fingerprint density at radius 3 is 2.53 bits per heavy atom. The van der Waals surface area contributed by atoms with Crippen LogP contribution in [0.3, 0.4) is 0 Å². The van der Waals surface area contributed by atoms with Crippen LogP contribution in [-0.4, -0.2) is 43.0 Å². The molecule has 1 saturated heterocycles. The molecule has 1 fully saturated rings. The summed E-state index contributed by atoms with van der Waals surface area (Å²) in [5.41, 5.74) is 6.94. The van der Waals surface area contributed by atoms with Gasteiger partial charge < -0.3 is 10.8 Å². The van der Waals surface area contributed by atoms with Gasteiger partial charge in [0.25, 0.3) is 0 Å². The molecule has 0 bridgehead atoms. The highest BCUT2D eigenvalue weighted by molar-refractivity contribution is 7.91. The van der Waals surface area contributed by atoms with Crippen LogP contribution >= 0.6 is 0 Å². The topological polar surface area (TPSA) is 83.6 Å². The van der Waals surface area contributed by atoms with E-state index in [4.69, 9.17) is 5.73 Å². The Labute approximate surface area is 101 Å². The van der Waals surface area contributed by atoms with Crippen molar-refractivity contribution >= 4 is 15.5 Å². The average Bonchev–Trinajstić information content (AvgIpc) is 2.27. The van der Waals surface area contributed by atoms with E-state index < -0.39 is 9.84 Å². The second-order valence-electron chi connectivity index (χ2n) is 4.32. The lowest BCUT2D eigenvalue weighted by Crippen LogP contribution is -2.39. The summed E-state index contributed by atoms with van der Waals surface area (Å²) >= 11 is 0. The fourth-order valence-electron chi connectivity index (χ4n) is 1.87. The lowest BCUT2D eigenvalue weighted by atomic mass is 10.2. The Morgan fingerprint density at radius 1 is 1.29 bits per heavy atom. The predicted molar refractivity (Wildman–Crippen MR) is 66.5 cm³/mol. The maximum atomic E-state index is 11.3. The molecule has 94 valence electrons. The van der Waals surface area contributed by atoms with Gasteiger partial charge in [-0.1, -0.05) is 6.07 Å². The molecule has 0 radical (unpaired) electrons. The van der Waals surface area contributed by atoms with E-state index in [1.165, 1.54) is 0 Å². The van der Waals surface area contributed by atoms with E-state index in [2.05, 4.69) is 4.90 Å². The van der Waals surface area contributed by atoms with Gasteiger partial charge >= 0.3 is 0 Å². The molecule has 1 aliphatic rings. The molecule has 5 nitrogen and oxygen atoms in total. The van der Waals surface area contributed by atoms with Gasteiger partial charge in [-0.25, -0.2) is 8.42 Å². The monoisotopic (exact) mass is 256 g/mol. The maximum Gasteiger partial charge on any atom is 0.152 e. The first-order valence-corrected chi connectivity index (χ1v) is 7.28. The number of phenols is 1. The standard InChI is InChI=1S/C11H16N2O3S/c12-10-7-9(1-2-11(10)14)8-13-3-5-17(15,16)6-4-13/h1-2,7,14H,3-6,8,12H2. The van der Waals surface area contributed by atoms with Crippen molar-refractivity contribution in [1.29, 1.82) is 0 Å². The highest BCUT2D eigenvalue weighted by Crippen LogP contribution is 2.21. The first-order chi connectivity index (χ1) is 7.96. The molecule has 3 N–H and O–H groups in total. The van der Waals surface area contributed by atoms with Crippen LogP contribution in [0.15, 0.2) is 18.2 Å². The lowest BCUT2D eigenvalue weighted by Gasteiger charge is -2.26. The zero-order valence-electron chi connectivity index (χ0n) is 9.46. The van der Waals surface area contributed by atoms with E-state index in [-0.39, 0.29) is 17.3 Å². The molecule has 1 aromatic rings. The van der Waals surface area contributed by atoms with Crippen molar-refractivity contribution in [2.45, 2.75) is 6.54 Å². The first kappa shape index (κ1) is 12.2. The Hall–Kier alpha value is -1.27. The van der Waals surface area contributed by atoms with Gasteiger partial charge in [-0.05, 0) is 17.7 Å². The molecule has 0 atom stereocenters. The fourth-order valence-corrected chi connectivity index (χ4v) is 3.15. The molecule has 0 aliphatic carbocycles. The van der Waals surface area contributed by atoms with Gasteiger partial charge in [0.2, 0.25) is 0 Å². The van der Waals surface area contributed by atoms with Crippen molar-refractivity contribution < 1.29 is 13.5 Å². The molecule has 2 rings (SSSR count). The molecule has 1 heterocycles. The van der Waals surface area contributed by atoms with Gasteiger partial charge in [0, 0.05) is 19.6 Å². The van der Waals surface area contributed by atoms with E-state index >= 15 is 0 Å². The van der Waals surface area contributed by atoms with Crippen molar-refractivity contribution in [2.24, 2.45) is 0 Å². The van der Waals surface area contributed by atoms with Crippen LogP contribution in [0.2, 0.25) is 0 Å². The first-order valence-electron chi connectivity index (χ1n) is 5.46. The molecule has 0 unspecified atom stereocenters. The summed E-state index contributed by atoms with van der Waals surface area (Å²) in [4.78, 5) is 2.08. The van der Waals surface area contributed by atoms with Crippen LogP contribution in [0.25, 0.3) is 0 Å². The quantitative estimate of drug-likeness (QED) is 0.583. The maximum absolute atomic E-state index is 11.3. The van der Waals surface area contributed by atoms with Crippen LogP contribution in [0.4, 0.5) is 5.69 Å². The smallest absolute Gasteiger partial charge is 0.152 e. The second kappa shape index (κ2) is 4.54. The minimum absolute atomic E-state index is 0.0787. The van der Waals surface area contributed by atoms with Crippen LogP contribution in [-0.2, 0) is 16.4 Å². The van der Waals surface area contributed by atoms with Gasteiger partial charge in [-0.15, -0.1) is 0 Å². The summed E-state index contributed by atoms with van der Waals surface area (Å²) in [5.74, 6) is 0.524.